The topological polar surface area (TPSA) is 75.0 Å². The zero-order valence-corrected chi connectivity index (χ0v) is 25.9. The van der Waals surface area contributed by atoms with Gasteiger partial charge in [-0.2, -0.15) is 23.7 Å². The van der Waals surface area contributed by atoms with E-state index < -0.39 is 0 Å². The van der Waals surface area contributed by atoms with Gasteiger partial charge in [-0.25, -0.2) is 0 Å². The Balaban J connectivity index is 0.000000161. The number of hydrogen-bond donors (Lipinski definition) is 0. The van der Waals surface area contributed by atoms with Crippen LogP contribution >= 0.6 is 23.1 Å². The molecule has 4 heterocycles. The van der Waals surface area contributed by atoms with Crippen molar-refractivity contribution in [2.75, 3.05) is 13.2 Å². The normalized spacial score (nSPS) is 12.0. The zero-order chi connectivity index (χ0) is 27.9. The van der Waals surface area contributed by atoms with Crippen LogP contribution in [0.25, 0.3) is 22.1 Å². The van der Waals surface area contributed by atoms with Crippen molar-refractivity contribution in [3.8, 4) is 11.5 Å². The maximum atomic E-state index is 5.46. The van der Waals surface area contributed by atoms with Gasteiger partial charge in [0.25, 0.3) is 0 Å². The summed E-state index contributed by atoms with van der Waals surface area (Å²) in [6.07, 6.45) is 0. The van der Waals surface area contributed by atoms with Crippen LogP contribution in [0.5, 0.6) is 11.5 Å². The molecular formula is C30H41N5O2S2. The van der Waals surface area contributed by atoms with E-state index in [1.165, 1.54) is 66.0 Å². The second-order valence-corrected chi connectivity index (χ2v) is 11.9. The lowest BCUT2D eigenvalue weighted by molar-refractivity contribution is 0.171. The summed E-state index contributed by atoms with van der Waals surface area (Å²) in [4.78, 5) is 4.08. The van der Waals surface area contributed by atoms with Crippen LogP contribution in [0.15, 0.2) is 0 Å². The number of hydrogen-bond acceptors (Lipinski definition) is 8. The maximum absolute atomic E-state index is 5.46. The minimum absolute atomic E-state index is 0. The summed E-state index contributed by atoms with van der Waals surface area (Å²) in [5, 5.41) is 8.76. The Morgan fingerprint density at radius 2 is 0.872 bits per heavy atom. The molecule has 9 heteroatoms. The Morgan fingerprint density at radius 1 is 0.538 bits per heavy atom. The molecule has 3 aromatic heterocycles. The standard InChI is InChI=1S/C11H15N3.C10H12N2S.C8H10O2S.CH4/c1-6-7(2)9(4)11-10(8(6)3)12-14(5)13-11;1-5-6(2)8(4)10-9(7(5)3)11-13-12-10;1-5-7-8(6(2)11-5)10-4-3-9-7;/h1-5H3;1-4H3;3-4H2,1-2H3;1H4. The first-order valence-electron chi connectivity index (χ1n) is 12.8. The average Bonchev–Trinajstić information content (AvgIpc) is 3.63. The van der Waals surface area contributed by atoms with Gasteiger partial charge in [0.15, 0.2) is 11.5 Å². The number of aryl methyl sites for hydroxylation is 7. The molecule has 6 rings (SSSR count). The van der Waals surface area contributed by atoms with Crippen LogP contribution in [-0.2, 0) is 7.05 Å². The zero-order valence-electron chi connectivity index (χ0n) is 24.3. The highest BCUT2D eigenvalue weighted by Crippen LogP contribution is 2.42. The molecule has 0 saturated heterocycles. The van der Waals surface area contributed by atoms with Gasteiger partial charge in [-0.1, -0.05) is 7.43 Å². The number of nitrogens with zero attached hydrogens (tertiary/aromatic N) is 5. The van der Waals surface area contributed by atoms with E-state index in [0.29, 0.717) is 13.2 Å². The van der Waals surface area contributed by atoms with Crippen molar-refractivity contribution in [3.05, 3.63) is 54.3 Å². The van der Waals surface area contributed by atoms with E-state index in [2.05, 4.69) is 88.2 Å². The van der Waals surface area contributed by atoms with Crippen LogP contribution in [0.3, 0.4) is 0 Å². The van der Waals surface area contributed by atoms with E-state index in [4.69, 9.17) is 9.47 Å². The van der Waals surface area contributed by atoms with Crippen molar-refractivity contribution in [1.29, 1.82) is 0 Å². The van der Waals surface area contributed by atoms with Gasteiger partial charge < -0.3 is 9.47 Å². The molecular weight excluding hydrogens is 526 g/mol. The Hall–Kier alpha value is -3.04. The summed E-state index contributed by atoms with van der Waals surface area (Å²) in [5.41, 5.74) is 14.6. The van der Waals surface area contributed by atoms with E-state index in [0.717, 1.165) is 33.6 Å². The number of rotatable bonds is 0. The molecule has 0 atom stereocenters. The number of ether oxygens (including phenoxy) is 2. The van der Waals surface area contributed by atoms with E-state index in [1.54, 1.807) is 16.1 Å². The first-order valence-corrected chi connectivity index (χ1v) is 14.3. The third-order valence-electron chi connectivity index (χ3n) is 7.73. The molecule has 1 aliphatic rings. The van der Waals surface area contributed by atoms with Gasteiger partial charge in [0.05, 0.1) is 11.7 Å². The van der Waals surface area contributed by atoms with Crippen molar-refractivity contribution in [1.82, 2.24) is 23.7 Å². The molecule has 1 aliphatic heterocycles. The SMILES string of the molecule is C.Cc1c(C)c(C)c2nn(C)nc2c1C.Cc1c(C)c(C)c2nsnc2c1C.Cc1sc(C)c2c1OCCO2. The summed E-state index contributed by atoms with van der Waals surface area (Å²) in [6, 6.07) is 0. The molecule has 0 saturated carbocycles. The highest BCUT2D eigenvalue weighted by atomic mass is 32.1. The van der Waals surface area contributed by atoms with Gasteiger partial charge in [0.1, 0.15) is 35.3 Å². The molecule has 0 aliphatic carbocycles. The van der Waals surface area contributed by atoms with Gasteiger partial charge in [-0.3, -0.25) is 0 Å². The van der Waals surface area contributed by atoms with Crippen LogP contribution in [0.4, 0.5) is 0 Å². The molecule has 39 heavy (non-hydrogen) atoms. The summed E-state index contributed by atoms with van der Waals surface area (Å²) >= 11 is 3.03. The highest BCUT2D eigenvalue weighted by Gasteiger charge is 2.19. The minimum Gasteiger partial charge on any atom is -0.485 e. The van der Waals surface area contributed by atoms with Crippen molar-refractivity contribution >= 4 is 45.1 Å². The van der Waals surface area contributed by atoms with Gasteiger partial charge >= 0.3 is 0 Å². The third kappa shape index (κ3) is 5.65. The predicted octanol–water partition coefficient (Wildman–Crippen LogP) is 7.90. The van der Waals surface area contributed by atoms with Gasteiger partial charge in [0, 0.05) is 16.8 Å². The second-order valence-electron chi connectivity index (χ2n) is 9.92. The number of aromatic nitrogens is 5. The van der Waals surface area contributed by atoms with Gasteiger partial charge in [-0.05, 0) is 114 Å². The fourth-order valence-electron chi connectivity index (χ4n) is 4.69. The molecule has 0 spiro atoms. The van der Waals surface area contributed by atoms with Crippen molar-refractivity contribution < 1.29 is 9.47 Å². The van der Waals surface area contributed by atoms with Crippen LogP contribution in [0.1, 0.15) is 61.7 Å². The lowest BCUT2D eigenvalue weighted by atomic mass is 9.98. The molecule has 210 valence electrons. The first kappa shape index (κ1) is 30.5. The second kappa shape index (κ2) is 12.0. The summed E-state index contributed by atoms with van der Waals surface area (Å²) in [7, 11) is 1.86. The number of fused-ring (bicyclic) bond motifs is 3. The largest absolute Gasteiger partial charge is 0.485 e. The molecule has 0 radical (unpaired) electrons. The lowest BCUT2D eigenvalue weighted by Crippen LogP contribution is -2.14. The van der Waals surface area contributed by atoms with Crippen molar-refractivity contribution in [3.63, 3.8) is 0 Å². The van der Waals surface area contributed by atoms with E-state index >= 15 is 0 Å². The average molecular weight is 568 g/mol. The van der Waals surface area contributed by atoms with Crippen LogP contribution in [0.2, 0.25) is 0 Å². The molecule has 0 amide bonds. The predicted molar refractivity (Wildman–Crippen MR) is 165 cm³/mol. The fraction of sp³-hybridized carbons (Fsp3) is 0.467. The Labute approximate surface area is 240 Å². The smallest absolute Gasteiger partial charge is 0.175 e. The van der Waals surface area contributed by atoms with Crippen LogP contribution in [0, 0.1) is 69.2 Å². The lowest BCUT2D eigenvalue weighted by Gasteiger charge is -2.15. The van der Waals surface area contributed by atoms with Gasteiger partial charge in [0.2, 0.25) is 0 Å². The Morgan fingerprint density at radius 3 is 1.23 bits per heavy atom. The molecule has 0 N–H and O–H groups in total. The number of thiophene rings is 1. The van der Waals surface area contributed by atoms with Gasteiger partial charge in [-0.15, -0.1) is 11.3 Å². The van der Waals surface area contributed by atoms with Crippen LogP contribution < -0.4 is 9.47 Å². The van der Waals surface area contributed by atoms with E-state index in [-0.39, 0.29) is 7.43 Å². The Bertz CT molecular complexity index is 1530. The van der Waals surface area contributed by atoms with Crippen molar-refractivity contribution in [2.24, 2.45) is 7.05 Å². The summed E-state index contributed by atoms with van der Waals surface area (Å²) in [6.45, 7) is 22.5. The minimum atomic E-state index is 0. The molecule has 0 bridgehead atoms. The van der Waals surface area contributed by atoms with Crippen LogP contribution in [-0.4, -0.2) is 37.0 Å². The molecule has 0 unspecified atom stereocenters. The fourth-order valence-corrected chi connectivity index (χ4v) is 6.29. The van der Waals surface area contributed by atoms with E-state index in [9.17, 15) is 0 Å². The Kier molecular flexibility index (Phi) is 9.39. The monoisotopic (exact) mass is 567 g/mol. The highest BCUT2D eigenvalue weighted by molar-refractivity contribution is 7.12. The van der Waals surface area contributed by atoms with E-state index in [1.807, 2.05) is 7.05 Å². The van der Waals surface area contributed by atoms with Crippen molar-refractivity contribution in [2.45, 2.75) is 76.7 Å². The third-order valence-corrected chi connectivity index (χ3v) is 9.24. The molecule has 5 aromatic rings. The quantitative estimate of drug-likeness (QED) is 0.189. The summed E-state index contributed by atoms with van der Waals surface area (Å²) < 4.78 is 19.5. The molecule has 2 aromatic carbocycles. The maximum Gasteiger partial charge on any atom is 0.175 e. The first-order chi connectivity index (χ1) is 17.9. The summed E-state index contributed by atoms with van der Waals surface area (Å²) in [5.74, 6) is 1.91. The molecule has 0 fully saturated rings. The number of benzene rings is 2. The molecule has 7 nitrogen and oxygen atoms in total.